The summed E-state index contributed by atoms with van der Waals surface area (Å²) in [6.07, 6.45) is 5.56. The monoisotopic (exact) mass is 385 g/mol. The molecule has 2 N–H and O–H groups in total. The van der Waals surface area contributed by atoms with Crippen LogP contribution in [0.3, 0.4) is 0 Å². The Morgan fingerprint density at radius 1 is 1.25 bits per heavy atom. The van der Waals surface area contributed by atoms with E-state index in [9.17, 15) is 4.79 Å². The SMILES string of the molecule is CN=C(NCCCN1CCCC1C(=O)N(C)C)NCC1(c2ccccc2)CC1. The molecule has 1 aromatic rings. The highest BCUT2D eigenvalue weighted by atomic mass is 16.2. The van der Waals surface area contributed by atoms with Crippen LogP contribution in [0.4, 0.5) is 0 Å². The van der Waals surface area contributed by atoms with Crippen LogP contribution in [0.2, 0.25) is 0 Å². The Morgan fingerprint density at radius 3 is 2.64 bits per heavy atom. The number of amides is 1. The van der Waals surface area contributed by atoms with Crippen molar-refractivity contribution in [1.29, 1.82) is 0 Å². The van der Waals surface area contributed by atoms with Crippen molar-refractivity contribution in [1.82, 2.24) is 20.4 Å². The zero-order chi connectivity index (χ0) is 20.0. The maximum absolute atomic E-state index is 12.3. The first-order chi connectivity index (χ1) is 13.6. The molecule has 1 amide bonds. The molecule has 1 aliphatic heterocycles. The highest BCUT2D eigenvalue weighted by Crippen LogP contribution is 2.47. The van der Waals surface area contributed by atoms with E-state index in [1.807, 2.05) is 21.1 Å². The lowest BCUT2D eigenvalue weighted by Gasteiger charge is -2.26. The molecular weight excluding hydrogens is 350 g/mol. The Balaban J connectivity index is 1.39. The molecule has 1 heterocycles. The fourth-order valence-corrected chi connectivity index (χ4v) is 4.14. The minimum Gasteiger partial charge on any atom is -0.356 e. The van der Waals surface area contributed by atoms with E-state index in [2.05, 4.69) is 50.9 Å². The van der Waals surface area contributed by atoms with Gasteiger partial charge < -0.3 is 15.5 Å². The van der Waals surface area contributed by atoms with Gasteiger partial charge in [0.2, 0.25) is 5.91 Å². The third-order valence-corrected chi connectivity index (χ3v) is 6.06. The van der Waals surface area contributed by atoms with Crippen LogP contribution < -0.4 is 10.6 Å². The molecule has 0 radical (unpaired) electrons. The van der Waals surface area contributed by atoms with Crippen molar-refractivity contribution in [2.75, 3.05) is 47.3 Å². The molecule has 6 heteroatoms. The molecule has 1 saturated carbocycles. The summed E-state index contributed by atoms with van der Waals surface area (Å²) < 4.78 is 0. The van der Waals surface area contributed by atoms with Crippen molar-refractivity contribution in [3.05, 3.63) is 35.9 Å². The van der Waals surface area contributed by atoms with Gasteiger partial charge in [0.05, 0.1) is 6.04 Å². The van der Waals surface area contributed by atoms with E-state index in [1.54, 1.807) is 4.90 Å². The normalized spacial score (nSPS) is 21.4. The number of nitrogens with zero attached hydrogens (tertiary/aromatic N) is 3. The minimum atomic E-state index is 0.0630. The molecule has 0 spiro atoms. The van der Waals surface area contributed by atoms with Gasteiger partial charge in [-0.15, -0.1) is 0 Å². The van der Waals surface area contributed by atoms with E-state index >= 15 is 0 Å². The lowest BCUT2D eigenvalue weighted by Crippen LogP contribution is -2.44. The van der Waals surface area contributed by atoms with E-state index < -0.39 is 0 Å². The average Bonchev–Trinajstić information content (AvgIpc) is 3.37. The van der Waals surface area contributed by atoms with E-state index in [4.69, 9.17) is 0 Å². The largest absolute Gasteiger partial charge is 0.356 e. The van der Waals surface area contributed by atoms with Gasteiger partial charge in [-0.05, 0) is 44.2 Å². The standard InChI is InChI=1S/C22H35N5O/c1-23-21(25-17-22(12-13-22)18-9-5-4-6-10-18)24-14-8-16-27-15-7-11-19(27)20(28)26(2)3/h4-6,9-10,19H,7-8,11-17H2,1-3H3,(H2,23,24,25). The second-order valence-electron chi connectivity index (χ2n) is 8.28. The van der Waals surface area contributed by atoms with Crippen molar-refractivity contribution in [2.45, 2.75) is 43.6 Å². The Hall–Kier alpha value is -2.08. The van der Waals surface area contributed by atoms with E-state index in [0.717, 1.165) is 51.4 Å². The number of likely N-dealkylation sites (N-methyl/N-ethyl adjacent to an activating group) is 1. The minimum absolute atomic E-state index is 0.0630. The summed E-state index contributed by atoms with van der Waals surface area (Å²) in [7, 11) is 5.51. The second-order valence-corrected chi connectivity index (χ2v) is 8.28. The molecule has 1 atom stereocenters. The summed E-state index contributed by atoms with van der Waals surface area (Å²) >= 11 is 0. The van der Waals surface area contributed by atoms with Crippen LogP contribution in [0.1, 0.15) is 37.7 Å². The molecule has 3 rings (SSSR count). The topological polar surface area (TPSA) is 60.0 Å². The van der Waals surface area contributed by atoms with Crippen molar-refractivity contribution in [3.8, 4) is 0 Å². The molecule has 0 aromatic heterocycles. The van der Waals surface area contributed by atoms with Gasteiger partial charge in [0, 0.05) is 46.2 Å². The third kappa shape index (κ3) is 5.04. The summed E-state index contributed by atoms with van der Waals surface area (Å²) in [6.45, 7) is 3.75. The Kier molecular flexibility index (Phi) is 6.94. The van der Waals surface area contributed by atoms with Gasteiger partial charge in [0.1, 0.15) is 0 Å². The van der Waals surface area contributed by atoms with Gasteiger partial charge in [0.15, 0.2) is 5.96 Å². The molecule has 1 aromatic carbocycles. The zero-order valence-electron chi connectivity index (χ0n) is 17.6. The van der Waals surface area contributed by atoms with E-state index in [0.29, 0.717) is 0 Å². The molecule has 2 aliphatic rings. The van der Waals surface area contributed by atoms with Crippen LogP contribution in [0.15, 0.2) is 35.3 Å². The summed E-state index contributed by atoms with van der Waals surface area (Å²) in [5, 5.41) is 6.93. The summed E-state index contributed by atoms with van der Waals surface area (Å²) in [4.78, 5) is 20.7. The first kappa shape index (κ1) is 20.6. The van der Waals surface area contributed by atoms with Crippen molar-refractivity contribution in [3.63, 3.8) is 0 Å². The molecule has 1 saturated heterocycles. The number of carbonyl (C=O) groups excluding carboxylic acids is 1. The smallest absolute Gasteiger partial charge is 0.239 e. The molecule has 6 nitrogen and oxygen atoms in total. The number of guanidine groups is 1. The zero-order valence-corrected chi connectivity index (χ0v) is 17.6. The van der Waals surface area contributed by atoms with Gasteiger partial charge in [-0.1, -0.05) is 30.3 Å². The van der Waals surface area contributed by atoms with E-state index in [-0.39, 0.29) is 17.4 Å². The maximum Gasteiger partial charge on any atom is 0.239 e. The number of nitrogens with one attached hydrogen (secondary N) is 2. The second kappa shape index (κ2) is 9.41. The Morgan fingerprint density at radius 2 is 2.00 bits per heavy atom. The van der Waals surface area contributed by atoms with Gasteiger partial charge in [0.25, 0.3) is 0 Å². The van der Waals surface area contributed by atoms with Gasteiger partial charge >= 0.3 is 0 Å². The van der Waals surface area contributed by atoms with Crippen LogP contribution in [-0.2, 0) is 10.2 Å². The number of hydrogen-bond donors (Lipinski definition) is 2. The summed E-state index contributed by atoms with van der Waals surface area (Å²) in [6, 6.07) is 10.8. The first-order valence-corrected chi connectivity index (χ1v) is 10.5. The van der Waals surface area contributed by atoms with Crippen LogP contribution >= 0.6 is 0 Å². The predicted octanol–water partition coefficient (Wildman–Crippen LogP) is 1.83. The lowest BCUT2D eigenvalue weighted by atomic mass is 9.96. The van der Waals surface area contributed by atoms with Crippen molar-refractivity contribution >= 4 is 11.9 Å². The lowest BCUT2D eigenvalue weighted by molar-refractivity contribution is -0.133. The summed E-state index contributed by atoms with van der Waals surface area (Å²) in [5.41, 5.74) is 1.69. The number of carbonyl (C=O) groups is 1. The highest BCUT2D eigenvalue weighted by molar-refractivity contribution is 5.81. The quantitative estimate of drug-likeness (QED) is 0.407. The molecule has 154 valence electrons. The Labute approximate surface area is 169 Å². The van der Waals surface area contributed by atoms with Crippen molar-refractivity contribution < 1.29 is 4.79 Å². The number of aliphatic imine (C=N–C) groups is 1. The van der Waals surface area contributed by atoms with Gasteiger partial charge in [-0.2, -0.15) is 0 Å². The van der Waals surface area contributed by atoms with Crippen LogP contribution in [-0.4, -0.2) is 75.0 Å². The number of rotatable bonds is 8. The molecule has 0 bridgehead atoms. The van der Waals surface area contributed by atoms with Crippen LogP contribution in [0.5, 0.6) is 0 Å². The fourth-order valence-electron chi connectivity index (χ4n) is 4.14. The molecule has 1 aliphatic carbocycles. The molecular formula is C22H35N5O. The molecule has 2 fully saturated rings. The molecule has 1 unspecified atom stereocenters. The Bertz CT molecular complexity index is 669. The fraction of sp³-hybridized carbons (Fsp3) is 0.636. The van der Waals surface area contributed by atoms with Gasteiger partial charge in [-0.25, -0.2) is 0 Å². The van der Waals surface area contributed by atoms with Crippen LogP contribution in [0, 0.1) is 0 Å². The number of benzene rings is 1. The summed E-state index contributed by atoms with van der Waals surface area (Å²) in [5.74, 6) is 1.10. The number of likely N-dealkylation sites (tertiary alicyclic amines) is 1. The highest BCUT2D eigenvalue weighted by Gasteiger charge is 2.44. The van der Waals surface area contributed by atoms with Crippen molar-refractivity contribution in [2.24, 2.45) is 4.99 Å². The average molecular weight is 386 g/mol. The number of hydrogen-bond acceptors (Lipinski definition) is 3. The van der Waals surface area contributed by atoms with Gasteiger partial charge in [-0.3, -0.25) is 14.7 Å². The first-order valence-electron chi connectivity index (χ1n) is 10.5. The van der Waals surface area contributed by atoms with Crippen LogP contribution in [0.25, 0.3) is 0 Å². The third-order valence-electron chi connectivity index (χ3n) is 6.06. The van der Waals surface area contributed by atoms with E-state index in [1.165, 1.54) is 18.4 Å². The maximum atomic E-state index is 12.3. The molecule has 28 heavy (non-hydrogen) atoms. The predicted molar refractivity (Wildman–Crippen MR) is 115 cm³/mol.